The zero-order chi connectivity index (χ0) is 11.4. The Bertz CT molecular complexity index is 411. The summed E-state index contributed by atoms with van der Waals surface area (Å²) in [4.78, 5) is 0. The van der Waals surface area contributed by atoms with Gasteiger partial charge in [-0.3, -0.25) is 0 Å². The Morgan fingerprint density at radius 1 is 1.20 bits per heavy atom. The summed E-state index contributed by atoms with van der Waals surface area (Å²) in [7, 11) is 0. The van der Waals surface area contributed by atoms with Gasteiger partial charge in [0, 0.05) is 5.56 Å². The van der Waals surface area contributed by atoms with Crippen LogP contribution in [0.15, 0.2) is 36.2 Å². The Morgan fingerprint density at radius 3 is 2.40 bits per heavy atom. The van der Waals surface area contributed by atoms with Crippen molar-refractivity contribution in [1.29, 1.82) is 0 Å². The van der Waals surface area contributed by atoms with Crippen LogP contribution in [0.1, 0.15) is 25.0 Å². The molecule has 2 heteroatoms. The maximum absolute atomic E-state index is 13.5. The third-order valence-corrected chi connectivity index (χ3v) is 2.11. The molecule has 0 atom stereocenters. The molecule has 0 saturated carbocycles. The molecule has 0 aliphatic carbocycles. The summed E-state index contributed by atoms with van der Waals surface area (Å²) >= 11 is 0. The van der Waals surface area contributed by atoms with Gasteiger partial charge in [0.2, 0.25) is 0 Å². The fraction of sp³-hybridized carbons (Fsp3) is 0.231. The lowest BCUT2D eigenvalue weighted by Crippen LogP contribution is -1.87. The summed E-state index contributed by atoms with van der Waals surface area (Å²) in [5.41, 5.74) is 2.10. The van der Waals surface area contributed by atoms with E-state index in [0.717, 1.165) is 5.56 Å². The van der Waals surface area contributed by atoms with Crippen LogP contribution < -0.4 is 0 Å². The number of rotatable bonds is 2. The first kappa shape index (κ1) is 11.6. The molecule has 1 rings (SSSR count). The molecule has 0 bridgehead atoms. The molecule has 0 aliphatic rings. The van der Waals surface area contributed by atoms with Gasteiger partial charge in [-0.2, -0.15) is 0 Å². The van der Waals surface area contributed by atoms with Gasteiger partial charge in [0.05, 0.1) is 5.83 Å². The average Bonchev–Trinajstić information content (AvgIpc) is 2.14. The van der Waals surface area contributed by atoms with Gasteiger partial charge in [0.1, 0.15) is 5.82 Å². The van der Waals surface area contributed by atoms with E-state index in [1.807, 2.05) is 13.0 Å². The summed E-state index contributed by atoms with van der Waals surface area (Å²) < 4.78 is 25.9. The van der Waals surface area contributed by atoms with Gasteiger partial charge in [-0.15, -0.1) is 0 Å². The lowest BCUT2D eigenvalue weighted by Gasteiger charge is -2.03. The highest BCUT2D eigenvalue weighted by Gasteiger charge is 2.02. The number of hydrogen-bond acceptors (Lipinski definition) is 0. The molecule has 0 spiro atoms. The SMILES string of the molecule is CC(F)=CC=C(C)c1ccc(C)cc1F. The van der Waals surface area contributed by atoms with Crippen molar-refractivity contribution in [2.45, 2.75) is 20.8 Å². The first-order chi connectivity index (χ1) is 7.00. The number of hydrogen-bond donors (Lipinski definition) is 0. The second-order valence-corrected chi connectivity index (χ2v) is 3.59. The van der Waals surface area contributed by atoms with Crippen molar-refractivity contribution in [2.24, 2.45) is 0 Å². The summed E-state index contributed by atoms with van der Waals surface area (Å²) in [6.45, 7) is 4.94. The van der Waals surface area contributed by atoms with E-state index in [1.54, 1.807) is 19.1 Å². The van der Waals surface area contributed by atoms with E-state index < -0.39 is 0 Å². The molecule has 0 aliphatic heterocycles. The van der Waals surface area contributed by atoms with E-state index in [1.165, 1.54) is 19.1 Å². The first-order valence-corrected chi connectivity index (χ1v) is 4.78. The van der Waals surface area contributed by atoms with Crippen LogP contribution in [0, 0.1) is 12.7 Å². The molecule has 0 aromatic heterocycles. The molecular formula is C13H14F2. The average molecular weight is 208 g/mol. The van der Waals surface area contributed by atoms with E-state index in [-0.39, 0.29) is 11.6 Å². The molecule has 1 aromatic carbocycles. The van der Waals surface area contributed by atoms with Gasteiger partial charge >= 0.3 is 0 Å². The van der Waals surface area contributed by atoms with Crippen LogP contribution in [-0.4, -0.2) is 0 Å². The van der Waals surface area contributed by atoms with Crippen LogP contribution in [-0.2, 0) is 0 Å². The molecule has 0 nitrogen and oxygen atoms in total. The third kappa shape index (κ3) is 3.31. The smallest absolute Gasteiger partial charge is 0.130 e. The fourth-order valence-electron chi connectivity index (χ4n) is 1.27. The Labute approximate surface area is 88.9 Å². The van der Waals surface area contributed by atoms with Crippen LogP contribution in [0.25, 0.3) is 5.57 Å². The van der Waals surface area contributed by atoms with Crippen LogP contribution >= 0.6 is 0 Å². The number of halogens is 2. The highest BCUT2D eigenvalue weighted by Crippen LogP contribution is 2.19. The topological polar surface area (TPSA) is 0 Å². The molecule has 0 unspecified atom stereocenters. The van der Waals surface area contributed by atoms with Crippen molar-refractivity contribution >= 4 is 5.57 Å². The van der Waals surface area contributed by atoms with E-state index >= 15 is 0 Å². The molecule has 80 valence electrons. The Balaban J connectivity index is 3.06. The Kier molecular flexibility index (Phi) is 3.78. The molecule has 0 N–H and O–H groups in total. The van der Waals surface area contributed by atoms with Crippen molar-refractivity contribution in [2.75, 3.05) is 0 Å². The Hall–Kier alpha value is -1.44. The van der Waals surface area contributed by atoms with Gasteiger partial charge in [-0.05, 0) is 44.1 Å². The molecular weight excluding hydrogens is 194 g/mol. The van der Waals surface area contributed by atoms with Crippen molar-refractivity contribution < 1.29 is 8.78 Å². The van der Waals surface area contributed by atoms with Crippen molar-refractivity contribution in [3.63, 3.8) is 0 Å². The minimum absolute atomic E-state index is 0.270. The molecule has 0 radical (unpaired) electrons. The van der Waals surface area contributed by atoms with Gasteiger partial charge < -0.3 is 0 Å². The Morgan fingerprint density at radius 2 is 1.87 bits per heavy atom. The zero-order valence-corrected chi connectivity index (χ0v) is 9.14. The predicted molar refractivity (Wildman–Crippen MR) is 59.7 cm³/mol. The fourth-order valence-corrected chi connectivity index (χ4v) is 1.27. The number of allylic oxidation sites excluding steroid dienone is 4. The summed E-state index contributed by atoms with van der Waals surface area (Å²) in [5, 5.41) is 0. The lowest BCUT2D eigenvalue weighted by molar-refractivity contribution is 0.622. The summed E-state index contributed by atoms with van der Waals surface area (Å²) in [6.07, 6.45) is 2.90. The first-order valence-electron chi connectivity index (χ1n) is 4.78. The van der Waals surface area contributed by atoms with Crippen LogP contribution in [0.5, 0.6) is 0 Å². The minimum atomic E-state index is -0.290. The molecule has 0 saturated heterocycles. The van der Waals surface area contributed by atoms with Crippen molar-refractivity contribution in [3.05, 3.63) is 53.1 Å². The summed E-state index contributed by atoms with van der Waals surface area (Å²) in [6, 6.07) is 5.01. The lowest BCUT2D eigenvalue weighted by atomic mass is 10.0. The largest absolute Gasteiger partial charge is 0.212 e. The molecule has 1 aromatic rings. The van der Waals surface area contributed by atoms with E-state index in [9.17, 15) is 8.78 Å². The van der Waals surface area contributed by atoms with E-state index in [0.29, 0.717) is 11.1 Å². The zero-order valence-electron chi connectivity index (χ0n) is 9.14. The predicted octanol–water partition coefficient (Wildman–Crippen LogP) is 4.41. The van der Waals surface area contributed by atoms with Crippen LogP contribution in [0.4, 0.5) is 8.78 Å². The van der Waals surface area contributed by atoms with Crippen molar-refractivity contribution in [3.8, 4) is 0 Å². The van der Waals surface area contributed by atoms with E-state index in [2.05, 4.69) is 0 Å². The number of benzene rings is 1. The quantitative estimate of drug-likeness (QED) is 0.631. The second kappa shape index (κ2) is 4.87. The normalized spacial score (nSPS) is 13.1. The minimum Gasteiger partial charge on any atom is -0.212 e. The molecule has 0 amide bonds. The maximum Gasteiger partial charge on any atom is 0.130 e. The third-order valence-electron chi connectivity index (χ3n) is 2.11. The standard InChI is InChI=1S/C13H14F2/c1-9-4-7-12(13(15)8-9)10(2)5-6-11(3)14/h4-8H,1-3H3. The molecule has 0 fully saturated rings. The van der Waals surface area contributed by atoms with Crippen molar-refractivity contribution in [1.82, 2.24) is 0 Å². The monoisotopic (exact) mass is 208 g/mol. The van der Waals surface area contributed by atoms with Gasteiger partial charge in [0.25, 0.3) is 0 Å². The maximum atomic E-state index is 13.5. The van der Waals surface area contributed by atoms with Crippen LogP contribution in [0.3, 0.4) is 0 Å². The molecule has 0 heterocycles. The highest BCUT2D eigenvalue weighted by atomic mass is 19.1. The highest BCUT2D eigenvalue weighted by molar-refractivity contribution is 5.65. The second-order valence-electron chi connectivity index (χ2n) is 3.59. The molecule has 15 heavy (non-hydrogen) atoms. The van der Waals surface area contributed by atoms with Gasteiger partial charge in [-0.1, -0.05) is 18.2 Å². The van der Waals surface area contributed by atoms with Crippen LogP contribution in [0.2, 0.25) is 0 Å². The van der Waals surface area contributed by atoms with Gasteiger partial charge in [-0.25, -0.2) is 8.78 Å². The van der Waals surface area contributed by atoms with E-state index in [4.69, 9.17) is 0 Å². The summed E-state index contributed by atoms with van der Waals surface area (Å²) in [5.74, 6) is -0.560. The number of aryl methyl sites for hydroxylation is 1. The van der Waals surface area contributed by atoms with Gasteiger partial charge in [0.15, 0.2) is 0 Å².